The van der Waals surface area contributed by atoms with Gasteiger partial charge >= 0.3 is 0 Å². The summed E-state index contributed by atoms with van der Waals surface area (Å²) in [6, 6.07) is 8.66. The van der Waals surface area contributed by atoms with Gasteiger partial charge in [0.25, 0.3) is 0 Å². The molecule has 0 bridgehead atoms. The number of benzene rings is 1. The van der Waals surface area contributed by atoms with Gasteiger partial charge in [-0.2, -0.15) is 0 Å². The van der Waals surface area contributed by atoms with Crippen molar-refractivity contribution in [2.24, 2.45) is 0 Å². The molecule has 0 saturated heterocycles. The van der Waals surface area contributed by atoms with Crippen LogP contribution in [-0.4, -0.2) is 11.9 Å². The highest BCUT2D eigenvalue weighted by Gasteiger charge is 2.08. The van der Waals surface area contributed by atoms with E-state index in [2.05, 4.69) is 0 Å². The Balaban J connectivity index is 2.00. The molecule has 0 aliphatic heterocycles. The van der Waals surface area contributed by atoms with Crippen LogP contribution in [0, 0.1) is 5.82 Å². The number of nitrogens with two attached hydrogens (primary N) is 1. The molecule has 0 unspecified atom stereocenters. The molecule has 2 rings (SSSR count). The second-order valence-electron chi connectivity index (χ2n) is 4.23. The van der Waals surface area contributed by atoms with E-state index < -0.39 is 0 Å². The van der Waals surface area contributed by atoms with Crippen LogP contribution in [0.25, 0.3) is 0 Å². The minimum atomic E-state index is -0.258. The number of anilines is 1. The van der Waals surface area contributed by atoms with E-state index in [4.69, 9.17) is 17.3 Å². The van der Waals surface area contributed by atoms with E-state index in [9.17, 15) is 4.39 Å². The van der Waals surface area contributed by atoms with Crippen molar-refractivity contribution in [2.75, 3.05) is 12.8 Å². The van der Waals surface area contributed by atoms with Crippen LogP contribution < -0.4 is 5.73 Å². The topological polar surface area (TPSA) is 29.3 Å². The number of halogens is 2. The van der Waals surface area contributed by atoms with E-state index in [-0.39, 0.29) is 5.82 Å². The predicted octanol–water partition coefficient (Wildman–Crippen LogP) is 3.75. The van der Waals surface area contributed by atoms with Crippen LogP contribution in [0.2, 0.25) is 4.34 Å². The average molecular weight is 285 g/mol. The van der Waals surface area contributed by atoms with Crippen LogP contribution in [0.5, 0.6) is 0 Å². The lowest BCUT2D eigenvalue weighted by Gasteiger charge is -2.16. The third-order valence-electron chi connectivity index (χ3n) is 2.57. The van der Waals surface area contributed by atoms with E-state index in [0.717, 1.165) is 10.9 Å². The van der Waals surface area contributed by atoms with Gasteiger partial charge in [0.05, 0.1) is 4.34 Å². The molecule has 0 aliphatic rings. The van der Waals surface area contributed by atoms with Crippen molar-refractivity contribution in [3.63, 3.8) is 0 Å². The number of nitrogen functional groups attached to an aromatic ring is 1. The summed E-state index contributed by atoms with van der Waals surface area (Å²) in [7, 11) is 1.95. The maximum atomic E-state index is 13.6. The molecule has 18 heavy (non-hydrogen) atoms. The van der Waals surface area contributed by atoms with Crippen LogP contribution >= 0.6 is 22.9 Å². The second-order valence-corrected chi connectivity index (χ2v) is 6.03. The molecule has 0 atom stereocenters. The van der Waals surface area contributed by atoms with Crippen molar-refractivity contribution in [1.82, 2.24) is 4.90 Å². The maximum Gasteiger partial charge on any atom is 0.129 e. The molecule has 2 aromatic rings. The quantitative estimate of drug-likeness (QED) is 0.866. The molecule has 1 heterocycles. The van der Waals surface area contributed by atoms with E-state index in [1.165, 1.54) is 10.9 Å². The smallest absolute Gasteiger partial charge is 0.129 e. The number of nitrogens with zero attached hydrogens (tertiary/aromatic N) is 1. The van der Waals surface area contributed by atoms with Gasteiger partial charge in [0, 0.05) is 29.2 Å². The molecule has 0 aliphatic carbocycles. The molecule has 1 aromatic heterocycles. The number of thiophene rings is 1. The fourth-order valence-electron chi connectivity index (χ4n) is 1.74. The number of hydrogen-bond acceptors (Lipinski definition) is 3. The Morgan fingerprint density at radius 1 is 1.28 bits per heavy atom. The van der Waals surface area contributed by atoms with Gasteiger partial charge in [-0.15, -0.1) is 11.3 Å². The lowest BCUT2D eigenvalue weighted by molar-refractivity contribution is 0.316. The maximum absolute atomic E-state index is 13.6. The fraction of sp³-hybridized carbons (Fsp3) is 0.231. The SMILES string of the molecule is CN(Cc1ccc(Cl)s1)Cc1ccc(N)cc1F. The first-order valence-electron chi connectivity index (χ1n) is 5.51. The summed E-state index contributed by atoms with van der Waals surface area (Å²) in [6.07, 6.45) is 0. The predicted molar refractivity (Wildman–Crippen MR) is 75.3 cm³/mol. The zero-order valence-corrected chi connectivity index (χ0v) is 11.6. The first kappa shape index (κ1) is 13.3. The molecule has 2 nitrogen and oxygen atoms in total. The Hall–Kier alpha value is -1.10. The summed E-state index contributed by atoms with van der Waals surface area (Å²) >= 11 is 7.42. The van der Waals surface area contributed by atoms with Crippen molar-refractivity contribution >= 4 is 28.6 Å². The fourth-order valence-corrected chi connectivity index (χ4v) is 2.91. The Morgan fingerprint density at radius 2 is 2.06 bits per heavy atom. The van der Waals surface area contributed by atoms with Crippen molar-refractivity contribution in [2.45, 2.75) is 13.1 Å². The van der Waals surface area contributed by atoms with E-state index in [1.54, 1.807) is 23.5 Å². The van der Waals surface area contributed by atoms with Crippen molar-refractivity contribution in [3.8, 4) is 0 Å². The molecule has 0 amide bonds. The van der Waals surface area contributed by atoms with Crippen molar-refractivity contribution < 1.29 is 4.39 Å². The minimum absolute atomic E-state index is 0.258. The van der Waals surface area contributed by atoms with E-state index in [0.29, 0.717) is 17.8 Å². The molecule has 96 valence electrons. The lowest BCUT2D eigenvalue weighted by Crippen LogP contribution is -2.17. The third kappa shape index (κ3) is 3.45. The molecular weight excluding hydrogens is 271 g/mol. The summed E-state index contributed by atoms with van der Waals surface area (Å²) in [5.74, 6) is -0.258. The Bertz CT molecular complexity index is 542. The molecule has 0 spiro atoms. The lowest BCUT2D eigenvalue weighted by atomic mass is 10.2. The summed E-state index contributed by atoms with van der Waals surface area (Å²) in [6.45, 7) is 1.29. The number of hydrogen-bond donors (Lipinski definition) is 1. The Morgan fingerprint density at radius 3 is 2.67 bits per heavy atom. The monoisotopic (exact) mass is 284 g/mol. The van der Waals surface area contributed by atoms with Gasteiger partial charge in [0.2, 0.25) is 0 Å². The molecular formula is C13H14ClFN2S. The van der Waals surface area contributed by atoms with Crippen LogP contribution in [0.3, 0.4) is 0 Å². The van der Waals surface area contributed by atoms with E-state index >= 15 is 0 Å². The standard InChI is InChI=1S/C13H14ClFN2S/c1-17(8-11-4-5-13(14)18-11)7-9-2-3-10(16)6-12(9)15/h2-6H,7-8,16H2,1H3. The summed E-state index contributed by atoms with van der Waals surface area (Å²) < 4.78 is 14.4. The molecule has 0 radical (unpaired) electrons. The van der Waals surface area contributed by atoms with Gasteiger partial charge in [0.15, 0.2) is 0 Å². The first-order chi connectivity index (χ1) is 8.54. The highest BCUT2D eigenvalue weighted by molar-refractivity contribution is 7.16. The van der Waals surface area contributed by atoms with Crippen molar-refractivity contribution in [1.29, 1.82) is 0 Å². The molecule has 2 N–H and O–H groups in total. The molecule has 1 aromatic carbocycles. The third-order valence-corrected chi connectivity index (χ3v) is 3.79. The van der Waals surface area contributed by atoms with Crippen LogP contribution in [0.1, 0.15) is 10.4 Å². The van der Waals surface area contributed by atoms with Crippen LogP contribution in [-0.2, 0) is 13.1 Å². The number of rotatable bonds is 4. The highest BCUT2D eigenvalue weighted by Crippen LogP contribution is 2.23. The summed E-state index contributed by atoms with van der Waals surface area (Å²) in [4.78, 5) is 3.20. The van der Waals surface area contributed by atoms with Gasteiger partial charge in [0.1, 0.15) is 5.82 Å². The molecule has 0 fully saturated rings. The first-order valence-corrected chi connectivity index (χ1v) is 6.70. The molecule has 5 heteroatoms. The minimum Gasteiger partial charge on any atom is -0.399 e. The van der Waals surface area contributed by atoms with Crippen LogP contribution in [0.15, 0.2) is 30.3 Å². The van der Waals surface area contributed by atoms with Gasteiger partial charge in [-0.25, -0.2) is 4.39 Å². The summed E-state index contributed by atoms with van der Waals surface area (Å²) in [5, 5.41) is 0. The van der Waals surface area contributed by atoms with Crippen molar-refractivity contribution in [3.05, 3.63) is 50.9 Å². The van der Waals surface area contributed by atoms with Gasteiger partial charge < -0.3 is 5.73 Å². The van der Waals surface area contributed by atoms with Gasteiger partial charge in [-0.05, 0) is 31.3 Å². The summed E-state index contributed by atoms with van der Waals surface area (Å²) in [5.41, 5.74) is 6.61. The van der Waals surface area contributed by atoms with E-state index in [1.807, 2.05) is 24.1 Å². The van der Waals surface area contributed by atoms with Crippen LogP contribution in [0.4, 0.5) is 10.1 Å². The molecule has 0 saturated carbocycles. The Labute approximate surface area is 115 Å². The Kier molecular flexibility index (Phi) is 4.22. The zero-order chi connectivity index (χ0) is 13.1. The second kappa shape index (κ2) is 5.69. The largest absolute Gasteiger partial charge is 0.399 e. The zero-order valence-electron chi connectivity index (χ0n) is 9.99. The van der Waals surface area contributed by atoms with Gasteiger partial charge in [-0.1, -0.05) is 17.7 Å². The average Bonchev–Trinajstić information content (AvgIpc) is 2.68. The normalized spacial score (nSPS) is 11.1. The van der Waals surface area contributed by atoms with Gasteiger partial charge in [-0.3, -0.25) is 4.90 Å². The highest BCUT2D eigenvalue weighted by atomic mass is 35.5.